The molecule has 1 aliphatic heterocycles. The van der Waals surface area contributed by atoms with E-state index in [2.05, 4.69) is 44.6 Å². The summed E-state index contributed by atoms with van der Waals surface area (Å²) in [6.07, 6.45) is -0.262. The van der Waals surface area contributed by atoms with Crippen LogP contribution in [0.1, 0.15) is 41.0 Å². The van der Waals surface area contributed by atoms with E-state index < -0.39 is 29.6 Å². The number of aliphatic carboxylic acids is 2. The number of carbonyl (C=O) groups is 3. The van der Waals surface area contributed by atoms with E-state index in [9.17, 15) is 27.6 Å². The second-order valence-electron chi connectivity index (χ2n) is 9.26. The summed E-state index contributed by atoms with van der Waals surface area (Å²) in [4.78, 5) is 37.9. The van der Waals surface area contributed by atoms with E-state index in [0.29, 0.717) is 30.2 Å². The number of carboxylic acids is 2. The van der Waals surface area contributed by atoms with Gasteiger partial charge in [0.1, 0.15) is 0 Å². The van der Waals surface area contributed by atoms with E-state index in [4.69, 9.17) is 14.7 Å². The summed E-state index contributed by atoms with van der Waals surface area (Å²) < 4.78 is 43.1. The Bertz CT molecular complexity index is 1300. The SMILES string of the molecule is O=C(NCCC1CCN(Cc2ccccc2)CC1)c1noc(-c2ccc(C(F)(F)F)cc2)n1.O=C(O)C=CC(=O)O. The molecule has 2 aromatic carbocycles. The molecule has 0 unspecified atom stereocenters. The predicted octanol–water partition coefficient (Wildman–Crippen LogP) is 4.50. The number of nitrogens with zero attached hydrogens (tertiary/aromatic N) is 3. The number of piperidine rings is 1. The van der Waals surface area contributed by atoms with Crippen LogP contribution >= 0.6 is 0 Å². The number of likely N-dealkylation sites (tertiary alicyclic amines) is 1. The van der Waals surface area contributed by atoms with Gasteiger partial charge in [0.15, 0.2) is 0 Å². The van der Waals surface area contributed by atoms with Crippen molar-refractivity contribution in [2.45, 2.75) is 32.0 Å². The van der Waals surface area contributed by atoms with Crippen LogP contribution < -0.4 is 5.32 Å². The first-order valence-corrected chi connectivity index (χ1v) is 12.7. The summed E-state index contributed by atoms with van der Waals surface area (Å²) >= 11 is 0. The van der Waals surface area contributed by atoms with Crippen molar-refractivity contribution in [2.24, 2.45) is 5.92 Å². The fourth-order valence-corrected chi connectivity index (χ4v) is 4.12. The summed E-state index contributed by atoms with van der Waals surface area (Å²) in [5.74, 6) is -2.56. The number of amides is 1. The molecule has 3 aromatic rings. The highest BCUT2D eigenvalue weighted by Gasteiger charge is 2.30. The highest BCUT2D eigenvalue weighted by atomic mass is 19.4. The Balaban J connectivity index is 0.000000507. The van der Waals surface area contributed by atoms with Crippen molar-refractivity contribution >= 4 is 17.8 Å². The topological polar surface area (TPSA) is 146 Å². The van der Waals surface area contributed by atoms with Gasteiger partial charge in [-0.15, -0.1) is 0 Å². The van der Waals surface area contributed by atoms with E-state index in [1.807, 2.05) is 6.07 Å². The third kappa shape index (κ3) is 10.5. The van der Waals surface area contributed by atoms with Crippen LogP contribution in [0.2, 0.25) is 0 Å². The van der Waals surface area contributed by atoms with Crippen LogP contribution in [-0.4, -0.2) is 62.7 Å². The minimum atomic E-state index is -4.42. The zero-order chi connectivity index (χ0) is 29.8. The van der Waals surface area contributed by atoms with Crippen LogP contribution in [0.25, 0.3) is 11.5 Å². The molecule has 13 heteroatoms. The first-order chi connectivity index (χ1) is 19.5. The molecule has 218 valence electrons. The van der Waals surface area contributed by atoms with Crippen molar-refractivity contribution in [3.63, 3.8) is 0 Å². The maximum absolute atomic E-state index is 12.7. The molecular weight excluding hydrogens is 545 g/mol. The van der Waals surface area contributed by atoms with Gasteiger partial charge in [-0.25, -0.2) is 9.59 Å². The van der Waals surface area contributed by atoms with E-state index in [0.717, 1.165) is 51.0 Å². The van der Waals surface area contributed by atoms with Gasteiger partial charge in [-0.3, -0.25) is 9.69 Å². The van der Waals surface area contributed by atoms with Crippen LogP contribution in [0.15, 0.2) is 71.3 Å². The normalized spacial score (nSPS) is 14.3. The van der Waals surface area contributed by atoms with Crippen molar-refractivity contribution in [2.75, 3.05) is 19.6 Å². The summed E-state index contributed by atoms with van der Waals surface area (Å²) in [5.41, 5.74) is 0.866. The Kier molecular flexibility index (Phi) is 11.2. The smallest absolute Gasteiger partial charge is 0.416 e. The van der Waals surface area contributed by atoms with Gasteiger partial charge in [-0.2, -0.15) is 18.2 Å². The molecule has 41 heavy (non-hydrogen) atoms. The van der Waals surface area contributed by atoms with Crippen LogP contribution in [0.5, 0.6) is 0 Å². The quantitative estimate of drug-likeness (QED) is 0.315. The molecule has 3 N–H and O–H groups in total. The molecular formula is C28H29F3N4O6. The van der Waals surface area contributed by atoms with Gasteiger partial charge >= 0.3 is 18.1 Å². The van der Waals surface area contributed by atoms with E-state index in [1.54, 1.807) is 0 Å². The number of aromatic nitrogens is 2. The van der Waals surface area contributed by atoms with Gasteiger partial charge in [0.25, 0.3) is 17.6 Å². The summed E-state index contributed by atoms with van der Waals surface area (Å²) in [7, 11) is 0. The van der Waals surface area contributed by atoms with Crippen molar-refractivity contribution < 1.29 is 42.3 Å². The molecule has 1 aliphatic rings. The fourth-order valence-electron chi connectivity index (χ4n) is 4.12. The zero-order valence-electron chi connectivity index (χ0n) is 21.9. The van der Waals surface area contributed by atoms with Crippen molar-refractivity contribution in [1.29, 1.82) is 0 Å². The minimum Gasteiger partial charge on any atom is -0.478 e. The molecule has 0 bridgehead atoms. The lowest BCUT2D eigenvalue weighted by Crippen LogP contribution is -2.35. The number of benzene rings is 2. The van der Waals surface area contributed by atoms with Crippen molar-refractivity contribution in [3.8, 4) is 11.5 Å². The molecule has 10 nitrogen and oxygen atoms in total. The Morgan fingerprint density at radius 3 is 2.15 bits per heavy atom. The minimum absolute atomic E-state index is 0.000313. The number of hydrogen-bond acceptors (Lipinski definition) is 7. The van der Waals surface area contributed by atoms with Gasteiger partial charge in [0.05, 0.1) is 5.56 Å². The summed E-state index contributed by atoms with van der Waals surface area (Å²) in [6, 6.07) is 14.8. The summed E-state index contributed by atoms with van der Waals surface area (Å²) in [6.45, 7) is 3.54. The van der Waals surface area contributed by atoms with Crippen LogP contribution in [0.3, 0.4) is 0 Å². The highest BCUT2D eigenvalue weighted by Crippen LogP contribution is 2.30. The Labute approximate surface area is 233 Å². The van der Waals surface area contributed by atoms with E-state index in [1.165, 1.54) is 17.7 Å². The van der Waals surface area contributed by atoms with Gasteiger partial charge in [-0.05, 0) is 68.1 Å². The van der Waals surface area contributed by atoms with Crippen LogP contribution in [0.4, 0.5) is 13.2 Å². The van der Waals surface area contributed by atoms with Crippen LogP contribution in [-0.2, 0) is 22.3 Å². The lowest BCUT2D eigenvalue weighted by atomic mass is 9.93. The number of nitrogens with one attached hydrogen (secondary N) is 1. The monoisotopic (exact) mass is 574 g/mol. The molecule has 0 saturated carbocycles. The third-order valence-electron chi connectivity index (χ3n) is 6.25. The molecule has 0 aliphatic carbocycles. The lowest BCUT2D eigenvalue weighted by Gasteiger charge is -2.32. The first-order valence-electron chi connectivity index (χ1n) is 12.7. The van der Waals surface area contributed by atoms with Gasteiger partial charge in [0, 0.05) is 30.8 Å². The van der Waals surface area contributed by atoms with E-state index in [-0.39, 0.29) is 11.7 Å². The molecule has 1 aromatic heterocycles. The van der Waals surface area contributed by atoms with Crippen LogP contribution in [0, 0.1) is 5.92 Å². The molecule has 0 spiro atoms. The Morgan fingerprint density at radius 1 is 0.976 bits per heavy atom. The lowest BCUT2D eigenvalue weighted by molar-refractivity contribution is -0.137. The van der Waals surface area contributed by atoms with E-state index >= 15 is 0 Å². The molecule has 1 saturated heterocycles. The molecule has 0 atom stereocenters. The average Bonchev–Trinajstić information content (AvgIpc) is 3.44. The third-order valence-corrected chi connectivity index (χ3v) is 6.25. The fraction of sp³-hybridized carbons (Fsp3) is 0.321. The molecule has 4 rings (SSSR count). The van der Waals surface area contributed by atoms with Gasteiger partial charge in [0.2, 0.25) is 0 Å². The number of halogens is 3. The Hall–Kier alpha value is -4.52. The second-order valence-corrected chi connectivity index (χ2v) is 9.26. The number of carbonyl (C=O) groups excluding carboxylic acids is 1. The molecule has 2 heterocycles. The molecule has 1 amide bonds. The standard InChI is InChI=1S/C24H25F3N4O2.C4H4O4/c25-24(26,27)20-8-6-19(7-9-20)23-29-21(30-33-23)22(32)28-13-10-17-11-14-31(15-12-17)16-18-4-2-1-3-5-18;5-3(6)1-2-4(7)8/h1-9,17H,10-16H2,(H,28,32);1-2H,(H,5,6)(H,7,8). The maximum atomic E-state index is 12.7. The number of carboxylic acid groups (broad SMARTS) is 2. The number of hydrogen-bond donors (Lipinski definition) is 3. The van der Waals surface area contributed by atoms with Crippen molar-refractivity contribution in [3.05, 3.63) is 83.7 Å². The predicted molar refractivity (Wildman–Crippen MR) is 141 cm³/mol. The largest absolute Gasteiger partial charge is 0.478 e. The molecule has 1 fully saturated rings. The number of rotatable bonds is 9. The van der Waals surface area contributed by atoms with Gasteiger partial charge in [-0.1, -0.05) is 35.5 Å². The Morgan fingerprint density at radius 2 is 1.59 bits per heavy atom. The first kappa shape index (κ1) is 31.0. The zero-order valence-corrected chi connectivity index (χ0v) is 21.9. The average molecular weight is 575 g/mol. The molecule has 0 radical (unpaired) electrons. The summed E-state index contributed by atoms with van der Waals surface area (Å²) in [5, 5.41) is 22.1. The van der Waals surface area contributed by atoms with Crippen molar-refractivity contribution in [1.82, 2.24) is 20.4 Å². The highest BCUT2D eigenvalue weighted by molar-refractivity contribution is 5.90. The van der Waals surface area contributed by atoms with Gasteiger partial charge < -0.3 is 20.1 Å². The second kappa shape index (κ2) is 14.7. The number of alkyl halides is 3. The maximum Gasteiger partial charge on any atom is 0.416 e.